The highest BCUT2D eigenvalue weighted by molar-refractivity contribution is 4.95. The molecule has 0 amide bonds. The fourth-order valence-corrected chi connectivity index (χ4v) is 4.48. The van der Waals surface area contributed by atoms with Crippen LogP contribution in [0.1, 0.15) is 67.7 Å². The van der Waals surface area contributed by atoms with Gasteiger partial charge in [0, 0.05) is 18.3 Å². The topological polar surface area (TPSA) is 18.5 Å². The first kappa shape index (κ1) is 15.3. The third kappa shape index (κ3) is 3.16. The number of hydrogen-bond acceptors (Lipinski definition) is 2. The van der Waals surface area contributed by atoms with Crippen LogP contribution in [-0.4, -0.2) is 18.5 Å². The van der Waals surface area contributed by atoms with E-state index in [9.17, 15) is 0 Å². The maximum absolute atomic E-state index is 6.58. The predicted octanol–water partition coefficient (Wildman–Crippen LogP) is 4.63. The molecule has 0 aromatic carbocycles. The lowest BCUT2D eigenvalue weighted by atomic mass is 9.68. The molecule has 19 heavy (non-hydrogen) atoms. The van der Waals surface area contributed by atoms with Crippen LogP contribution in [0.25, 0.3) is 0 Å². The molecule has 3 unspecified atom stereocenters. The summed E-state index contributed by atoms with van der Waals surface area (Å²) in [4.78, 5) is 0. The summed E-state index contributed by atoms with van der Waals surface area (Å²) in [5, 5.41) is 0. The highest BCUT2D eigenvalue weighted by atomic mass is 16.7. The first-order chi connectivity index (χ1) is 8.55. The number of hydrogen-bond donors (Lipinski definition) is 0. The van der Waals surface area contributed by atoms with Gasteiger partial charge >= 0.3 is 0 Å². The normalized spacial score (nSPS) is 41.7. The van der Waals surface area contributed by atoms with E-state index >= 15 is 0 Å². The van der Waals surface area contributed by atoms with Gasteiger partial charge in [0.25, 0.3) is 0 Å². The summed E-state index contributed by atoms with van der Waals surface area (Å²) in [7, 11) is 0. The Morgan fingerprint density at radius 2 is 1.68 bits per heavy atom. The average Bonchev–Trinajstić information content (AvgIpc) is 2.19. The van der Waals surface area contributed by atoms with Gasteiger partial charge in [-0.1, -0.05) is 48.5 Å². The number of ether oxygens (including phenoxy) is 2. The van der Waals surface area contributed by atoms with E-state index in [1.54, 1.807) is 0 Å². The van der Waals surface area contributed by atoms with Crippen LogP contribution in [-0.2, 0) is 9.47 Å². The molecule has 1 aliphatic carbocycles. The van der Waals surface area contributed by atoms with Crippen LogP contribution in [0.2, 0.25) is 0 Å². The summed E-state index contributed by atoms with van der Waals surface area (Å²) in [6, 6.07) is 0. The van der Waals surface area contributed by atoms with Crippen LogP contribution in [0.15, 0.2) is 0 Å². The summed E-state index contributed by atoms with van der Waals surface area (Å²) in [6.07, 6.45) is 3.65. The van der Waals surface area contributed by atoms with E-state index in [4.69, 9.17) is 9.47 Å². The van der Waals surface area contributed by atoms with Crippen molar-refractivity contribution >= 4 is 0 Å². The average molecular weight is 268 g/mol. The summed E-state index contributed by atoms with van der Waals surface area (Å²) >= 11 is 0. The molecular formula is C17H32O2. The van der Waals surface area contributed by atoms with Crippen molar-refractivity contribution in [1.29, 1.82) is 0 Å². The zero-order chi connectivity index (χ0) is 14.5. The second-order valence-electron chi connectivity index (χ2n) is 8.82. The van der Waals surface area contributed by atoms with Gasteiger partial charge in [-0.3, -0.25) is 0 Å². The molecule has 2 rings (SSSR count). The summed E-state index contributed by atoms with van der Waals surface area (Å²) in [5.74, 6) is 0.889. The van der Waals surface area contributed by atoms with E-state index in [-0.39, 0.29) is 11.2 Å². The van der Waals surface area contributed by atoms with Crippen LogP contribution < -0.4 is 0 Å². The van der Waals surface area contributed by atoms with Gasteiger partial charge in [-0.05, 0) is 23.7 Å². The first-order valence-electron chi connectivity index (χ1n) is 7.87. The predicted molar refractivity (Wildman–Crippen MR) is 79.0 cm³/mol. The smallest absolute Gasteiger partial charge is 0.169 e. The second kappa shape index (κ2) is 4.73. The van der Waals surface area contributed by atoms with Crippen molar-refractivity contribution in [3.05, 3.63) is 0 Å². The van der Waals surface area contributed by atoms with Gasteiger partial charge in [-0.25, -0.2) is 0 Å². The maximum atomic E-state index is 6.58. The van der Waals surface area contributed by atoms with Crippen molar-refractivity contribution < 1.29 is 9.47 Å². The van der Waals surface area contributed by atoms with Crippen LogP contribution in [0, 0.1) is 22.7 Å². The summed E-state index contributed by atoms with van der Waals surface area (Å²) in [6.45, 7) is 16.9. The molecule has 1 spiro atoms. The zero-order valence-electron chi connectivity index (χ0n) is 13.9. The van der Waals surface area contributed by atoms with Crippen molar-refractivity contribution in [2.75, 3.05) is 6.61 Å². The molecule has 2 aliphatic rings. The molecule has 0 bridgehead atoms. The Bertz CT molecular complexity index is 332. The largest absolute Gasteiger partial charge is 0.349 e. The Morgan fingerprint density at radius 1 is 1.05 bits per heavy atom. The molecule has 0 aromatic heterocycles. The molecule has 3 atom stereocenters. The second-order valence-corrected chi connectivity index (χ2v) is 8.82. The first-order valence-corrected chi connectivity index (χ1v) is 7.87. The number of rotatable bonds is 1. The Kier molecular flexibility index (Phi) is 3.81. The van der Waals surface area contributed by atoms with Gasteiger partial charge in [0.15, 0.2) is 5.79 Å². The van der Waals surface area contributed by atoms with Crippen molar-refractivity contribution in [3.8, 4) is 0 Å². The fraction of sp³-hybridized carbons (Fsp3) is 1.00. The quantitative estimate of drug-likeness (QED) is 0.690. The van der Waals surface area contributed by atoms with Gasteiger partial charge < -0.3 is 9.47 Å². The molecule has 2 heteroatoms. The Morgan fingerprint density at radius 3 is 2.21 bits per heavy atom. The van der Waals surface area contributed by atoms with Gasteiger partial charge in [0.2, 0.25) is 0 Å². The minimum Gasteiger partial charge on any atom is -0.349 e. The minimum atomic E-state index is -0.328. The Balaban J connectivity index is 2.21. The molecule has 1 aliphatic heterocycles. The van der Waals surface area contributed by atoms with E-state index in [0.717, 1.165) is 19.4 Å². The lowest BCUT2D eigenvalue weighted by Crippen LogP contribution is -2.58. The van der Waals surface area contributed by atoms with Crippen molar-refractivity contribution in [1.82, 2.24) is 0 Å². The molecule has 112 valence electrons. The molecule has 2 nitrogen and oxygen atoms in total. The SMILES string of the molecule is CC1CC(C)(C)CC2(C1)OCC(C)(C)C(C(C)C)O2. The highest BCUT2D eigenvalue weighted by Gasteiger charge is 2.52. The van der Waals surface area contributed by atoms with Gasteiger partial charge in [0.05, 0.1) is 12.7 Å². The molecule has 1 heterocycles. The van der Waals surface area contributed by atoms with Crippen LogP contribution in [0.5, 0.6) is 0 Å². The third-order valence-corrected chi connectivity index (χ3v) is 4.73. The van der Waals surface area contributed by atoms with Crippen molar-refractivity contribution in [3.63, 3.8) is 0 Å². The Hall–Kier alpha value is -0.0800. The molecule has 0 N–H and O–H groups in total. The lowest BCUT2D eigenvalue weighted by Gasteiger charge is -2.55. The van der Waals surface area contributed by atoms with E-state index in [1.165, 1.54) is 6.42 Å². The monoisotopic (exact) mass is 268 g/mol. The maximum Gasteiger partial charge on any atom is 0.169 e. The van der Waals surface area contributed by atoms with Crippen LogP contribution in [0.3, 0.4) is 0 Å². The van der Waals surface area contributed by atoms with Gasteiger partial charge in [-0.15, -0.1) is 0 Å². The molecular weight excluding hydrogens is 236 g/mol. The van der Waals surface area contributed by atoms with E-state index in [1.807, 2.05) is 0 Å². The van der Waals surface area contributed by atoms with Gasteiger partial charge in [0.1, 0.15) is 0 Å². The van der Waals surface area contributed by atoms with E-state index in [0.29, 0.717) is 23.4 Å². The van der Waals surface area contributed by atoms with Gasteiger partial charge in [-0.2, -0.15) is 0 Å². The zero-order valence-corrected chi connectivity index (χ0v) is 13.9. The summed E-state index contributed by atoms with van der Waals surface area (Å²) in [5.41, 5.74) is 0.435. The molecule has 1 saturated carbocycles. The van der Waals surface area contributed by atoms with Crippen LogP contribution in [0.4, 0.5) is 0 Å². The summed E-state index contributed by atoms with van der Waals surface area (Å²) < 4.78 is 12.9. The van der Waals surface area contributed by atoms with E-state index in [2.05, 4.69) is 48.5 Å². The molecule has 0 radical (unpaired) electrons. The van der Waals surface area contributed by atoms with Crippen LogP contribution >= 0.6 is 0 Å². The highest BCUT2D eigenvalue weighted by Crippen LogP contribution is 2.51. The minimum absolute atomic E-state index is 0.115. The van der Waals surface area contributed by atoms with Crippen molar-refractivity contribution in [2.24, 2.45) is 22.7 Å². The fourth-order valence-electron chi connectivity index (χ4n) is 4.48. The van der Waals surface area contributed by atoms with Crippen molar-refractivity contribution in [2.45, 2.75) is 79.6 Å². The molecule has 2 fully saturated rings. The molecule has 0 aromatic rings. The Labute approximate surface area is 119 Å². The third-order valence-electron chi connectivity index (χ3n) is 4.73. The lowest BCUT2D eigenvalue weighted by molar-refractivity contribution is -0.359. The molecule has 1 saturated heterocycles. The standard InChI is InChI=1S/C17H32O2/c1-12(2)14-16(6,7)11-18-17(19-14)9-13(3)8-15(4,5)10-17/h12-14H,8-11H2,1-7H3. The van der Waals surface area contributed by atoms with E-state index < -0.39 is 0 Å².